The van der Waals surface area contributed by atoms with Gasteiger partial charge in [0.1, 0.15) is 0 Å². The van der Waals surface area contributed by atoms with Gasteiger partial charge in [0.2, 0.25) is 5.91 Å². The van der Waals surface area contributed by atoms with Crippen molar-refractivity contribution in [3.63, 3.8) is 0 Å². The van der Waals surface area contributed by atoms with Crippen LogP contribution < -0.4 is 5.32 Å². The van der Waals surface area contributed by atoms with Crippen molar-refractivity contribution in [2.24, 2.45) is 5.92 Å². The van der Waals surface area contributed by atoms with Crippen LogP contribution in [0, 0.1) is 5.92 Å². The molecule has 1 aliphatic carbocycles. The number of carbonyl (C=O) groups is 1. The summed E-state index contributed by atoms with van der Waals surface area (Å²) in [5.74, 6) is 0.823. The normalized spacial score (nSPS) is 28.4. The van der Waals surface area contributed by atoms with E-state index in [1.165, 1.54) is 30.5 Å². The minimum Gasteiger partial charge on any atom is -0.330 e. The van der Waals surface area contributed by atoms with E-state index in [0.29, 0.717) is 5.92 Å². The van der Waals surface area contributed by atoms with Crippen LogP contribution in [0.3, 0.4) is 0 Å². The van der Waals surface area contributed by atoms with E-state index in [2.05, 4.69) is 12.2 Å². The maximum atomic E-state index is 11.3. The number of piperidine rings is 1. The Morgan fingerprint density at radius 2 is 2.15 bits per heavy atom. The van der Waals surface area contributed by atoms with E-state index >= 15 is 0 Å². The second kappa shape index (κ2) is 3.52. The molecule has 0 aromatic carbocycles. The topological polar surface area (TPSA) is 29.1 Å². The Morgan fingerprint density at radius 3 is 2.69 bits per heavy atom. The molecule has 2 heteroatoms. The molecule has 2 aliphatic rings. The maximum absolute atomic E-state index is 11.3. The Balaban J connectivity index is 2.08. The first kappa shape index (κ1) is 8.79. The highest BCUT2D eigenvalue weighted by Crippen LogP contribution is 2.33. The minimum atomic E-state index is 0.229. The second-order valence-electron chi connectivity index (χ2n) is 4.17. The average Bonchev–Trinajstić information content (AvgIpc) is 2.00. The SMILES string of the molecule is CCC1CC(=O)NC(=C2CCC2)C1. The maximum Gasteiger partial charge on any atom is 0.224 e. The number of nitrogens with one attached hydrogen (secondary N) is 1. The third kappa shape index (κ3) is 1.77. The molecule has 1 atom stereocenters. The van der Waals surface area contributed by atoms with Crippen molar-refractivity contribution in [3.8, 4) is 0 Å². The van der Waals surface area contributed by atoms with E-state index in [0.717, 1.165) is 19.3 Å². The van der Waals surface area contributed by atoms with Crippen LogP contribution in [-0.2, 0) is 4.79 Å². The van der Waals surface area contributed by atoms with Crippen molar-refractivity contribution in [3.05, 3.63) is 11.3 Å². The van der Waals surface area contributed by atoms with Crippen LogP contribution >= 0.6 is 0 Å². The first-order chi connectivity index (χ1) is 6.29. The lowest BCUT2D eigenvalue weighted by Crippen LogP contribution is -2.33. The van der Waals surface area contributed by atoms with Crippen molar-refractivity contribution < 1.29 is 4.79 Å². The Labute approximate surface area is 79.4 Å². The van der Waals surface area contributed by atoms with Crippen molar-refractivity contribution in [1.29, 1.82) is 0 Å². The molecule has 2 fully saturated rings. The highest BCUT2D eigenvalue weighted by atomic mass is 16.1. The number of amides is 1. The van der Waals surface area contributed by atoms with Crippen LogP contribution in [0.4, 0.5) is 0 Å². The first-order valence-corrected chi connectivity index (χ1v) is 5.30. The lowest BCUT2D eigenvalue weighted by atomic mass is 9.84. The second-order valence-corrected chi connectivity index (χ2v) is 4.17. The summed E-state index contributed by atoms with van der Waals surface area (Å²) in [4.78, 5) is 11.3. The molecular formula is C11H17NO. The molecule has 1 saturated heterocycles. The Kier molecular flexibility index (Phi) is 2.38. The van der Waals surface area contributed by atoms with E-state index in [9.17, 15) is 4.79 Å². The van der Waals surface area contributed by atoms with Gasteiger partial charge in [-0.1, -0.05) is 18.9 Å². The monoisotopic (exact) mass is 179 g/mol. The van der Waals surface area contributed by atoms with Crippen LogP contribution in [0.2, 0.25) is 0 Å². The molecule has 0 aromatic heterocycles. The lowest BCUT2D eigenvalue weighted by molar-refractivity contribution is -0.122. The van der Waals surface area contributed by atoms with Crippen LogP contribution in [0.5, 0.6) is 0 Å². The van der Waals surface area contributed by atoms with E-state index in [1.54, 1.807) is 0 Å². The van der Waals surface area contributed by atoms with Crippen LogP contribution in [0.15, 0.2) is 11.3 Å². The van der Waals surface area contributed by atoms with Gasteiger partial charge in [-0.25, -0.2) is 0 Å². The molecule has 1 saturated carbocycles. The fourth-order valence-electron chi connectivity index (χ4n) is 2.07. The van der Waals surface area contributed by atoms with Gasteiger partial charge in [-0.3, -0.25) is 4.79 Å². The molecule has 0 spiro atoms. The van der Waals surface area contributed by atoms with Gasteiger partial charge in [0.15, 0.2) is 0 Å². The fourth-order valence-corrected chi connectivity index (χ4v) is 2.07. The molecule has 1 aliphatic heterocycles. The summed E-state index contributed by atoms with van der Waals surface area (Å²) < 4.78 is 0. The van der Waals surface area contributed by atoms with Crippen molar-refractivity contribution in [2.75, 3.05) is 0 Å². The van der Waals surface area contributed by atoms with Gasteiger partial charge in [0, 0.05) is 12.1 Å². The minimum absolute atomic E-state index is 0.229. The summed E-state index contributed by atoms with van der Waals surface area (Å²) in [7, 11) is 0. The summed E-state index contributed by atoms with van der Waals surface area (Å²) in [6.45, 7) is 2.17. The molecule has 13 heavy (non-hydrogen) atoms. The number of allylic oxidation sites excluding steroid dienone is 2. The van der Waals surface area contributed by atoms with Crippen molar-refractivity contribution >= 4 is 5.91 Å². The smallest absolute Gasteiger partial charge is 0.224 e. The zero-order valence-corrected chi connectivity index (χ0v) is 8.23. The fraction of sp³-hybridized carbons (Fsp3) is 0.727. The molecule has 1 unspecified atom stereocenters. The molecule has 72 valence electrons. The predicted octanol–water partition coefficient (Wildman–Crippen LogP) is 2.36. The molecule has 0 aromatic rings. The zero-order chi connectivity index (χ0) is 9.26. The lowest BCUT2D eigenvalue weighted by Gasteiger charge is -2.29. The number of carbonyl (C=O) groups excluding carboxylic acids is 1. The Hall–Kier alpha value is -0.790. The van der Waals surface area contributed by atoms with Crippen molar-refractivity contribution in [2.45, 2.75) is 45.4 Å². The highest BCUT2D eigenvalue weighted by molar-refractivity contribution is 5.79. The van der Waals surface area contributed by atoms with Gasteiger partial charge in [-0.15, -0.1) is 0 Å². The molecule has 0 radical (unpaired) electrons. The molecule has 1 N–H and O–H groups in total. The highest BCUT2D eigenvalue weighted by Gasteiger charge is 2.24. The van der Waals surface area contributed by atoms with E-state index < -0.39 is 0 Å². The van der Waals surface area contributed by atoms with Gasteiger partial charge < -0.3 is 5.32 Å². The summed E-state index contributed by atoms with van der Waals surface area (Å²) in [6.07, 6.45) is 6.71. The predicted molar refractivity (Wildman–Crippen MR) is 52.0 cm³/mol. The average molecular weight is 179 g/mol. The third-order valence-electron chi connectivity index (χ3n) is 3.22. The first-order valence-electron chi connectivity index (χ1n) is 5.30. The zero-order valence-electron chi connectivity index (χ0n) is 8.23. The summed E-state index contributed by atoms with van der Waals surface area (Å²) >= 11 is 0. The van der Waals surface area contributed by atoms with E-state index in [-0.39, 0.29) is 5.91 Å². The van der Waals surface area contributed by atoms with Crippen molar-refractivity contribution in [1.82, 2.24) is 5.32 Å². The van der Waals surface area contributed by atoms with Gasteiger partial charge in [0.25, 0.3) is 0 Å². The number of rotatable bonds is 1. The Morgan fingerprint density at radius 1 is 1.38 bits per heavy atom. The summed E-state index contributed by atoms with van der Waals surface area (Å²) in [5.41, 5.74) is 2.76. The van der Waals surface area contributed by atoms with Gasteiger partial charge in [-0.2, -0.15) is 0 Å². The number of hydrogen-bond donors (Lipinski definition) is 1. The Bertz CT molecular complexity index is 249. The van der Waals surface area contributed by atoms with Crippen LogP contribution in [-0.4, -0.2) is 5.91 Å². The molecule has 2 nitrogen and oxygen atoms in total. The van der Waals surface area contributed by atoms with E-state index in [1.807, 2.05) is 0 Å². The molecule has 1 heterocycles. The summed E-state index contributed by atoms with van der Waals surface area (Å²) in [5, 5.41) is 3.02. The summed E-state index contributed by atoms with van der Waals surface area (Å²) in [6, 6.07) is 0. The quantitative estimate of drug-likeness (QED) is 0.657. The van der Waals surface area contributed by atoms with Crippen LogP contribution in [0.25, 0.3) is 0 Å². The largest absolute Gasteiger partial charge is 0.330 e. The standard InChI is InChI=1S/C11H17NO/c1-2-8-6-10(9-4-3-5-9)12-11(13)7-8/h8H,2-7H2,1H3,(H,12,13). The number of hydrogen-bond acceptors (Lipinski definition) is 1. The van der Waals surface area contributed by atoms with Gasteiger partial charge in [0.05, 0.1) is 0 Å². The molecule has 2 rings (SSSR count). The van der Waals surface area contributed by atoms with Gasteiger partial charge >= 0.3 is 0 Å². The third-order valence-corrected chi connectivity index (χ3v) is 3.22. The molecule has 1 amide bonds. The van der Waals surface area contributed by atoms with Gasteiger partial charge in [-0.05, 0) is 31.6 Å². The van der Waals surface area contributed by atoms with E-state index in [4.69, 9.17) is 0 Å². The molecule has 0 bridgehead atoms. The van der Waals surface area contributed by atoms with Crippen LogP contribution in [0.1, 0.15) is 45.4 Å². The molecular weight excluding hydrogens is 162 g/mol.